The van der Waals surface area contributed by atoms with Crippen LogP contribution in [-0.4, -0.2) is 58.8 Å². The Morgan fingerprint density at radius 1 is 1.18 bits per heavy atom. The highest BCUT2D eigenvalue weighted by molar-refractivity contribution is 5.65. The Morgan fingerprint density at radius 3 is 2.55 bits per heavy atom. The fourth-order valence-corrected chi connectivity index (χ4v) is 3.69. The zero-order valence-electron chi connectivity index (χ0n) is 18.6. The molecule has 1 aromatic heterocycles. The maximum Gasteiger partial charge on any atom is 0.138 e. The lowest BCUT2D eigenvalue weighted by atomic mass is 10.0. The molecule has 4 rings (SSSR count). The van der Waals surface area contributed by atoms with Crippen LogP contribution in [0.3, 0.4) is 0 Å². The third-order valence-corrected chi connectivity index (χ3v) is 5.49. The third-order valence-electron chi connectivity index (χ3n) is 5.49. The first-order valence-corrected chi connectivity index (χ1v) is 11.1. The van der Waals surface area contributed by atoms with E-state index in [9.17, 15) is 10.2 Å². The molecule has 0 amide bonds. The minimum Gasteiger partial charge on any atom is -0.492 e. The van der Waals surface area contributed by atoms with Gasteiger partial charge in [0.15, 0.2) is 0 Å². The van der Waals surface area contributed by atoms with Crippen LogP contribution in [0.4, 0.5) is 0 Å². The van der Waals surface area contributed by atoms with Crippen molar-refractivity contribution in [2.75, 3.05) is 33.0 Å². The highest BCUT2D eigenvalue weighted by Crippen LogP contribution is 2.23. The SMILES string of the molecule is C[C@H](O)c1nccn1[C@@H](C#Cc1ccc(-c2ccc(OC[C@H]3COCCN3)cc2)cc1)CO. The van der Waals surface area contributed by atoms with Gasteiger partial charge in [0.2, 0.25) is 0 Å². The number of benzene rings is 2. The van der Waals surface area contributed by atoms with E-state index in [2.05, 4.69) is 22.1 Å². The molecule has 0 radical (unpaired) electrons. The highest BCUT2D eigenvalue weighted by Gasteiger charge is 2.15. The summed E-state index contributed by atoms with van der Waals surface area (Å²) in [6.45, 7) is 4.35. The van der Waals surface area contributed by atoms with Gasteiger partial charge in [-0.1, -0.05) is 36.1 Å². The largest absolute Gasteiger partial charge is 0.492 e. The molecular formula is C26H29N3O4. The zero-order chi connectivity index (χ0) is 23.0. The number of rotatable bonds is 7. The van der Waals surface area contributed by atoms with Gasteiger partial charge < -0.3 is 29.6 Å². The summed E-state index contributed by atoms with van der Waals surface area (Å²) in [4.78, 5) is 4.14. The molecule has 1 saturated heterocycles. The van der Waals surface area contributed by atoms with Gasteiger partial charge in [-0.3, -0.25) is 0 Å². The first-order valence-electron chi connectivity index (χ1n) is 11.1. The Balaban J connectivity index is 1.38. The van der Waals surface area contributed by atoms with Crippen LogP contribution >= 0.6 is 0 Å². The Kier molecular flexibility index (Phi) is 7.76. The van der Waals surface area contributed by atoms with Gasteiger partial charge in [-0.25, -0.2) is 4.98 Å². The van der Waals surface area contributed by atoms with Gasteiger partial charge in [-0.05, 0) is 42.3 Å². The zero-order valence-corrected chi connectivity index (χ0v) is 18.6. The van der Waals surface area contributed by atoms with E-state index in [1.165, 1.54) is 0 Å². The Bertz CT molecular complexity index is 1080. The number of hydrogen-bond donors (Lipinski definition) is 3. The Morgan fingerprint density at radius 2 is 1.91 bits per heavy atom. The van der Waals surface area contributed by atoms with E-state index in [4.69, 9.17) is 9.47 Å². The summed E-state index contributed by atoms with van der Waals surface area (Å²) >= 11 is 0. The van der Waals surface area contributed by atoms with E-state index in [-0.39, 0.29) is 12.6 Å². The van der Waals surface area contributed by atoms with Crippen molar-refractivity contribution in [2.24, 2.45) is 0 Å². The van der Waals surface area contributed by atoms with Crippen molar-refractivity contribution >= 4 is 0 Å². The third kappa shape index (κ3) is 6.01. The number of aliphatic hydroxyl groups is 2. The molecule has 3 atom stereocenters. The van der Waals surface area contributed by atoms with Crippen LogP contribution < -0.4 is 10.1 Å². The molecule has 33 heavy (non-hydrogen) atoms. The van der Waals surface area contributed by atoms with E-state index in [1.54, 1.807) is 23.9 Å². The van der Waals surface area contributed by atoms with E-state index < -0.39 is 12.1 Å². The first kappa shape index (κ1) is 23.0. The predicted octanol–water partition coefficient (Wildman–Crippen LogP) is 2.56. The molecule has 2 aromatic carbocycles. The molecule has 0 saturated carbocycles. The first-order chi connectivity index (χ1) is 16.1. The topological polar surface area (TPSA) is 88.8 Å². The molecule has 1 fully saturated rings. The molecule has 172 valence electrons. The Hall–Kier alpha value is -3.15. The average Bonchev–Trinajstić information content (AvgIpc) is 3.35. The molecule has 1 aliphatic rings. The molecular weight excluding hydrogens is 418 g/mol. The predicted molar refractivity (Wildman–Crippen MR) is 126 cm³/mol. The molecule has 0 spiro atoms. The number of aromatic nitrogens is 2. The number of aliphatic hydroxyl groups excluding tert-OH is 2. The molecule has 3 N–H and O–H groups in total. The summed E-state index contributed by atoms with van der Waals surface area (Å²) in [5, 5.41) is 23.0. The number of ether oxygens (including phenoxy) is 2. The molecule has 7 nitrogen and oxygen atoms in total. The van der Waals surface area contributed by atoms with Crippen LogP contribution in [-0.2, 0) is 4.74 Å². The summed E-state index contributed by atoms with van der Waals surface area (Å²) < 4.78 is 13.0. The van der Waals surface area contributed by atoms with Crippen LogP contribution in [0.5, 0.6) is 5.75 Å². The van der Waals surface area contributed by atoms with E-state index in [0.29, 0.717) is 19.0 Å². The monoisotopic (exact) mass is 447 g/mol. The summed E-state index contributed by atoms with van der Waals surface area (Å²) in [7, 11) is 0. The maximum absolute atomic E-state index is 9.84. The summed E-state index contributed by atoms with van der Waals surface area (Å²) in [5.74, 6) is 7.50. The number of imidazole rings is 1. The minimum absolute atomic E-state index is 0.167. The van der Waals surface area contributed by atoms with Gasteiger partial charge in [0.25, 0.3) is 0 Å². The van der Waals surface area contributed by atoms with Gasteiger partial charge in [-0.2, -0.15) is 0 Å². The van der Waals surface area contributed by atoms with Gasteiger partial charge in [0, 0.05) is 24.5 Å². The van der Waals surface area contributed by atoms with Crippen molar-refractivity contribution in [3.05, 3.63) is 72.3 Å². The van der Waals surface area contributed by atoms with Crippen LogP contribution in [0.15, 0.2) is 60.9 Å². The Labute approximate surface area is 194 Å². The standard InChI is InChI=1S/C26H29N3O4/c1-19(31)26-28-12-14-29(26)24(16-30)9-4-20-2-5-21(6-3-20)22-7-10-25(11-8-22)33-18-23-17-32-15-13-27-23/h2-3,5-8,10-12,14,19,23-24,27,30-31H,13,15-18H2,1H3/t19-,23+,24-/m0/s1. The lowest BCUT2D eigenvalue weighted by Gasteiger charge is -2.23. The molecule has 2 heterocycles. The summed E-state index contributed by atoms with van der Waals surface area (Å²) in [6.07, 6.45) is 2.58. The molecule has 0 bridgehead atoms. The smallest absolute Gasteiger partial charge is 0.138 e. The number of morpholine rings is 1. The fourth-order valence-electron chi connectivity index (χ4n) is 3.69. The van der Waals surface area contributed by atoms with Crippen molar-refractivity contribution in [3.8, 4) is 28.7 Å². The van der Waals surface area contributed by atoms with E-state index in [0.717, 1.165) is 35.6 Å². The van der Waals surface area contributed by atoms with Gasteiger partial charge >= 0.3 is 0 Å². The normalized spacial score (nSPS) is 17.6. The lowest BCUT2D eigenvalue weighted by Crippen LogP contribution is -2.44. The second kappa shape index (κ2) is 11.1. The van der Waals surface area contributed by atoms with E-state index in [1.807, 2.05) is 48.5 Å². The van der Waals surface area contributed by atoms with Crippen molar-refractivity contribution in [1.29, 1.82) is 0 Å². The van der Waals surface area contributed by atoms with Gasteiger partial charge in [-0.15, -0.1) is 0 Å². The fraction of sp³-hybridized carbons (Fsp3) is 0.346. The molecule has 1 aliphatic heterocycles. The number of hydrogen-bond acceptors (Lipinski definition) is 6. The molecule has 0 aliphatic carbocycles. The molecule has 3 aromatic rings. The lowest BCUT2D eigenvalue weighted by molar-refractivity contribution is 0.0593. The van der Waals surface area contributed by atoms with Crippen molar-refractivity contribution in [1.82, 2.24) is 14.9 Å². The van der Waals surface area contributed by atoms with Crippen LogP contribution in [0, 0.1) is 11.8 Å². The second-order valence-electron chi connectivity index (χ2n) is 7.98. The van der Waals surface area contributed by atoms with Crippen molar-refractivity contribution < 1.29 is 19.7 Å². The van der Waals surface area contributed by atoms with Gasteiger partial charge in [0.1, 0.15) is 30.3 Å². The number of nitrogens with one attached hydrogen (secondary N) is 1. The highest BCUT2D eigenvalue weighted by atomic mass is 16.5. The van der Waals surface area contributed by atoms with Gasteiger partial charge in [0.05, 0.1) is 25.9 Å². The summed E-state index contributed by atoms with van der Waals surface area (Å²) in [5.41, 5.74) is 3.02. The second-order valence-corrected chi connectivity index (χ2v) is 7.98. The van der Waals surface area contributed by atoms with Crippen molar-refractivity contribution in [2.45, 2.75) is 25.1 Å². The van der Waals surface area contributed by atoms with Crippen LogP contribution in [0.1, 0.15) is 30.5 Å². The number of nitrogens with zero attached hydrogens (tertiary/aromatic N) is 2. The van der Waals surface area contributed by atoms with E-state index >= 15 is 0 Å². The van der Waals surface area contributed by atoms with Crippen LogP contribution in [0.25, 0.3) is 11.1 Å². The van der Waals surface area contributed by atoms with Crippen molar-refractivity contribution in [3.63, 3.8) is 0 Å². The van der Waals surface area contributed by atoms with Crippen LogP contribution in [0.2, 0.25) is 0 Å². The quantitative estimate of drug-likeness (QED) is 0.483. The molecule has 7 heteroatoms. The average molecular weight is 448 g/mol. The minimum atomic E-state index is -0.732. The summed E-state index contributed by atoms with van der Waals surface area (Å²) in [6, 6.07) is 15.7. The molecule has 0 unspecified atom stereocenters. The maximum atomic E-state index is 9.84.